The van der Waals surface area contributed by atoms with Crippen molar-refractivity contribution < 1.29 is 31.3 Å². The first-order chi connectivity index (χ1) is 15.1. The molecule has 3 rings (SSSR count). The maximum atomic E-state index is 12.4. The highest BCUT2D eigenvalue weighted by Gasteiger charge is 2.21. The van der Waals surface area contributed by atoms with Gasteiger partial charge in [-0.25, -0.2) is 21.6 Å². The molecule has 0 radical (unpaired) electrons. The van der Waals surface area contributed by atoms with Crippen molar-refractivity contribution in [2.24, 2.45) is 0 Å². The second-order valence-corrected chi connectivity index (χ2v) is 9.59. The van der Waals surface area contributed by atoms with Gasteiger partial charge in [-0.2, -0.15) is 0 Å². The number of hydrogen-bond acceptors (Lipinski definition) is 9. The van der Waals surface area contributed by atoms with Crippen molar-refractivity contribution in [3.63, 3.8) is 0 Å². The van der Waals surface area contributed by atoms with Crippen LogP contribution in [0.5, 0.6) is 5.75 Å². The monoisotopic (exact) mass is 478 g/mol. The third-order valence-corrected chi connectivity index (χ3v) is 6.38. The van der Waals surface area contributed by atoms with E-state index >= 15 is 0 Å². The van der Waals surface area contributed by atoms with Gasteiger partial charge in [-0.05, 0) is 70.4 Å². The molecule has 0 spiro atoms. The van der Waals surface area contributed by atoms with Crippen molar-refractivity contribution in [2.75, 3.05) is 11.5 Å². The summed E-state index contributed by atoms with van der Waals surface area (Å²) in [7, 11) is -8.27. The van der Waals surface area contributed by atoms with E-state index in [1.165, 1.54) is 72.8 Å². The van der Waals surface area contributed by atoms with Crippen LogP contribution < -0.4 is 26.1 Å². The number of nitrogen functional groups attached to an aromatic ring is 2. The lowest BCUT2D eigenvalue weighted by Crippen LogP contribution is -2.30. The lowest BCUT2D eigenvalue weighted by molar-refractivity contribution is 0.0401. The van der Waals surface area contributed by atoms with Crippen LogP contribution in [0, 0.1) is 0 Å². The predicted octanol–water partition coefficient (Wildman–Crippen LogP) is 1.17. The van der Waals surface area contributed by atoms with Gasteiger partial charge in [0.15, 0.2) is 5.75 Å². The van der Waals surface area contributed by atoms with Gasteiger partial charge in [0.1, 0.15) is 5.56 Å². The van der Waals surface area contributed by atoms with E-state index in [0.717, 1.165) is 0 Å². The van der Waals surface area contributed by atoms with E-state index in [4.69, 9.17) is 16.3 Å². The maximum Gasteiger partial charge on any atom is 0.361 e. The topological polar surface area (TPSA) is 180 Å². The van der Waals surface area contributed by atoms with Crippen LogP contribution in [-0.4, -0.2) is 22.8 Å². The Morgan fingerprint density at radius 2 is 1.16 bits per heavy atom. The van der Waals surface area contributed by atoms with Crippen LogP contribution in [0.1, 0.15) is 10.4 Å². The Labute approximate surface area is 184 Å². The fraction of sp³-hybridized carbons (Fsp3) is 0. The number of carbonyl (C=O) groups excluding carboxylic acids is 1. The van der Waals surface area contributed by atoms with E-state index in [0.29, 0.717) is 11.4 Å². The van der Waals surface area contributed by atoms with Crippen LogP contribution >= 0.6 is 0 Å². The van der Waals surface area contributed by atoms with Crippen molar-refractivity contribution >= 4 is 37.4 Å². The Balaban J connectivity index is 1.71. The Morgan fingerprint density at radius 3 is 1.69 bits per heavy atom. The molecule has 3 aromatic rings. The molecule has 0 aliphatic heterocycles. The van der Waals surface area contributed by atoms with Crippen molar-refractivity contribution in [3.8, 4) is 5.75 Å². The van der Waals surface area contributed by atoms with Gasteiger partial charge in [0, 0.05) is 11.4 Å². The number of rotatable bonds is 8. The lowest BCUT2D eigenvalue weighted by Gasteiger charge is -2.12. The molecule has 0 saturated heterocycles. The molecule has 32 heavy (non-hydrogen) atoms. The largest absolute Gasteiger partial charge is 0.399 e. The van der Waals surface area contributed by atoms with E-state index in [9.17, 15) is 21.6 Å². The number of sulfonamides is 2. The zero-order valence-corrected chi connectivity index (χ0v) is 17.9. The second-order valence-electron chi connectivity index (χ2n) is 6.30. The molecule has 0 aromatic heterocycles. The molecule has 0 unspecified atom stereocenters. The number of carbonyl (C=O) groups is 1. The van der Waals surface area contributed by atoms with Crippen molar-refractivity contribution in [2.45, 2.75) is 9.79 Å². The van der Waals surface area contributed by atoms with Gasteiger partial charge >= 0.3 is 5.97 Å². The molecule has 0 amide bonds. The SMILES string of the molecule is Nc1ccc(S(=O)(=O)NOC(=O)c2ccccc2ONS(=O)(=O)c2ccc(N)cc2)cc1. The smallest absolute Gasteiger partial charge is 0.361 e. The third kappa shape index (κ3) is 5.53. The zero-order chi connectivity index (χ0) is 23.4. The second kappa shape index (κ2) is 9.23. The number of anilines is 2. The lowest BCUT2D eigenvalue weighted by atomic mass is 10.2. The third-order valence-electron chi connectivity index (χ3n) is 3.99. The predicted molar refractivity (Wildman–Crippen MR) is 115 cm³/mol. The minimum absolute atomic E-state index is 0.122. The van der Waals surface area contributed by atoms with E-state index in [-0.39, 0.29) is 21.1 Å². The zero-order valence-electron chi connectivity index (χ0n) is 16.3. The van der Waals surface area contributed by atoms with Crippen molar-refractivity contribution in [3.05, 3.63) is 78.4 Å². The average molecular weight is 479 g/mol. The molecule has 0 bridgehead atoms. The summed E-state index contributed by atoms with van der Waals surface area (Å²) in [6.07, 6.45) is 0. The first kappa shape index (κ1) is 23.0. The Hall–Kier alpha value is -3.65. The summed E-state index contributed by atoms with van der Waals surface area (Å²) < 4.78 is 49.2. The summed E-state index contributed by atoms with van der Waals surface area (Å²) in [4.78, 5) is 25.4. The van der Waals surface area contributed by atoms with Gasteiger partial charge in [0.25, 0.3) is 20.0 Å². The summed E-state index contributed by atoms with van der Waals surface area (Å²) >= 11 is 0. The van der Waals surface area contributed by atoms with Crippen LogP contribution in [0.15, 0.2) is 82.6 Å². The average Bonchev–Trinajstić information content (AvgIpc) is 2.77. The molecule has 0 atom stereocenters. The van der Waals surface area contributed by atoms with Gasteiger partial charge in [-0.1, -0.05) is 12.1 Å². The molecule has 0 aliphatic rings. The number of nitrogens with one attached hydrogen (secondary N) is 2. The molecule has 6 N–H and O–H groups in total. The molecular weight excluding hydrogens is 460 g/mol. The number of nitrogens with two attached hydrogens (primary N) is 2. The molecule has 0 fully saturated rings. The highest BCUT2D eigenvalue weighted by Crippen LogP contribution is 2.20. The van der Waals surface area contributed by atoms with Gasteiger partial charge in [0.2, 0.25) is 0 Å². The van der Waals surface area contributed by atoms with Gasteiger partial charge in [-0.3, -0.25) is 0 Å². The number of para-hydroxylation sites is 1. The molecule has 3 aromatic carbocycles. The normalized spacial score (nSPS) is 11.6. The van der Waals surface area contributed by atoms with Gasteiger partial charge in [-0.15, -0.1) is 0 Å². The first-order valence-electron chi connectivity index (χ1n) is 8.80. The van der Waals surface area contributed by atoms with Crippen LogP contribution in [0.3, 0.4) is 0 Å². The molecule has 13 heteroatoms. The molecular formula is C19H18N4O7S2. The highest BCUT2D eigenvalue weighted by molar-refractivity contribution is 7.89. The fourth-order valence-corrected chi connectivity index (χ4v) is 3.93. The van der Waals surface area contributed by atoms with E-state index in [1.807, 2.05) is 4.89 Å². The summed E-state index contributed by atoms with van der Waals surface area (Å²) in [6, 6.07) is 16.0. The van der Waals surface area contributed by atoms with Crippen LogP contribution in [-0.2, 0) is 24.9 Å². The Morgan fingerprint density at radius 1 is 0.688 bits per heavy atom. The summed E-state index contributed by atoms with van der Waals surface area (Å²) in [5, 5.41) is 0. The molecule has 0 saturated carbocycles. The standard InChI is InChI=1S/C19H18N4O7S2/c20-13-5-9-15(10-6-13)31(25,26)22-29-18-4-2-1-3-17(18)19(24)30-23-32(27,28)16-11-7-14(21)8-12-16/h1-12,22-23H,20-21H2. The fourth-order valence-electron chi connectivity index (χ4n) is 2.36. The summed E-state index contributed by atoms with van der Waals surface area (Å²) in [5.74, 6) is -1.35. The first-order valence-corrected chi connectivity index (χ1v) is 11.8. The highest BCUT2D eigenvalue weighted by atomic mass is 32.2. The summed E-state index contributed by atoms with van der Waals surface area (Å²) in [6.45, 7) is 0. The molecule has 0 heterocycles. The minimum Gasteiger partial charge on any atom is -0.399 e. The van der Waals surface area contributed by atoms with Crippen LogP contribution in [0.25, 0.3) is 0 Å². The minimum atomic E-state index is -4.18. The number of benzene rings is 3. The van der Waals surface area contributed by atoms with E-state index < -0.39 is 26.0 Å². The Kier molecular flexibility index (Phi) is 6.64. The van der Waals surface area contributed by atoms with Crippen molar-refractivity contribution in [1.82, 2.24) is 9.77 Å². The maximum absolute atomic E-state index is 12.4. The van der Waals surface area contributed by atoms with E-state index in [2.05, 4.69) is 4.84 Å². The van der Waals surface area contributed by atoms with Crippen LogP contribution in [0.4, 0.5) is 11.4 Å². The summed E-state index contributed by atoms with van der Waals surface area (Å²) in [5.41, 5.74) is 11.5. The molecule has 11 nitrogen and oxygen atoms in total. The van der Waals surface area contributed by atoms with E-state index in [1.54, 1.807) is 4.89 Å². The van der Waals surface area contributed by atoms with Crippen molar-refractivity contribution in [1.29, 1.82) is 0 Å². The number of hydrogen-bond donors (Lipinski definition) is 4. The molecule has 168 valence electrons. The quantitative estimate of drug-likeness (QED) is 0.273. The molecule has 0 aliphatic carbocycles. The Bertz CT molecular complexity index is 1320. The van der Waals surface area contributed by atoms with Gasteiger partial charge < -0.3 is 21.1 Å². The van der Waals surface area contributed by atoms with Gasteiger partial charge in [0.05, 0.1) is 9.79 Å². The van der Waals surface area contributed by atoms with Crippen LogP contribution in [0.2, 0.25) is 0 Å².